The van der Waals surface area contributed by atoms with Crippen molar-refractivity contribution in [3.8, 4) is 16.3 Å². The number of rotatable bonds is 4. The minimum absolute atomic E-state index is 0.105. The van der Waals surface area contributed by atoms with Crippen LogP contribution >= 0.6 is 11.3 Å². The first-order chi connectivity index (χ1) is 16.2. The number of carboxylic acids is 1. The second-order valence-electron chi connectivity index (χ2n) is 8.21. The van der Waals surface area contributed by atoms with E-state index < -0.39 is 12.1 Å². The smallest absolute Gasteiger partial charge is 0.490 e. The van der Waals surface area contributed by atoms with Crippen molar-refractivity contribution in [1.29, 1.82) is 0 Å². The van der Waals surface area contributed by atoms with Crippen LogP contribution in [0.4, 0.5) is 13.2 Å². The Kier molecular flexibility index (Phi) is 6.96. The van der Waals surface area contributed by atoms with Crippen molar-refractivity contribution in [1.82, 2.24) is 14.5 Å². The van der Waals surface area contributed by atoms with Gasteiger partial charge in [-0.15, -0.1) is 11.3 Å². The second kappa shape index (κ2) is 9.77. The highest BCUT2D eigenvalue weighted by atomic mass is 32.1. The van der Waals surface area contributed by atoms with Gasteiger partial charge in [0.05, 0.1) is 30.4 Å². The van der Waals surface area contributed by atoms with Crippen LogP contribution in [0.1, 0.15) is 17.8 Å². The summed E-state index contributed by atoms with van der Waals surface area (Å²) in [6.07, 6.45) is -2.03. The number of hydrogen-bond donors (Lipinski definition) is 1. The molecule has 1 N–H and O–H groups in total. The zero-order valence-electron chi connectivity index (χ0n) is 18.4. The molecule has 1 unspecified atom stereocenters. The quantitative estimate of drug-likeness (QED) is 0.577. The lowest BCUT2D eigenvalue weighted by Crippen LogP contribution is -2.44. The molecule has 1 atom stereocenters. The molecule has 0 bridgehead atoms. The Balaban J connectivity index is 0.000000344. The number of methoxy groups -OCH3 is 1. The highest BCUT2D eigenvalue weighted by Gasteiger charge is 2.43. The van der Waals surface area contributed by atoms with Crippen molar-refractivity contribution in [2.75, 3.05) is 20.2 Å². The molecule has 1 spiro atoms. The molecule has 0 aliphatic carbocycles. The minimum Gasteiger partial charge on any atom is -0.497 e. The maximum atomic E-state index is 10.6. The predicted molar refractivity (Wildman–Crippen MR) is 120 cm³/mol. The van der Waals surface area contributed by atoms with E-state index in [9.17, 15) is 13.2 Å². The summed E-state index contributed by atoms with van der Waals surface area (Å²) in [5, 5.41) is 9.25. The molecule has 3 aromatic rings. The van der Waals surface area contributed by atoms with Gasteiger partial charge in [0.15, 0.2) is 0 Å². The molecule has 2 aliphatic rings. The number of hydrogen-bond acceptors (Lipinski definition) is 6. The highest BCUT2D eigenvalue weighted by molar-refractivity contribution is 7.13. The number of alkyl halides is 3. The SMILES string of the molecule is COc1ccc(CN2CCC3(C2)Cn2c(-c4cccs4)cnc2CO3)cc1.O=C(O)C(F)(F)F. The Bertz CT molecular complexity index is 1120. The molecular weight excluding hydrogens is 471 g/mol. The third-order valence-electron chi connectivity index (χ3n) is 5.87. The molecule has 34 heavy (non-hydrogen) atoms. The third-order valence-corrected chi connectivity index (χ3v) is 6.76. The number of ether oxygens (including phenoxy) is 2. The summed E-state index contributed by atoms with van der Waals surface area (Å²) in [5.74, 6) is -0.814. The number of benzene rings is 1. The van der Waals surface area contributed by atoms with E-state index in [0.29, 0.717) is 6.61 Å². The molecule has 0 amide bonds. The monoisotopic (exact) mass is 495 g/mol. The van der Waals surface area contributed by atoms with E-state index in [2.05, 4.69) is 44.1 Å². The van der Waals surface area contributed by atoms with Crippen molar-refractivity contribution >= 4 is 17.3 Å². The number of nitrogens with zero attached hydrogens (tertiary/aromatic N) is 3. The van der Waals surface area contributed by atoms with E-state index in [1.54, 1.807) is 18.4 Å². The number of imidazole rings is 1. The Hall–Kier alpha value is -2.89. The number of carbonyl (C=O) groups is 1. The molecule has 1 aromatic carbocycles. The molecule has 5 rings (SSSR count). The standard InChI is InChI=1S/C21H23N3O2S.C2HF3O2/c1-25-17-6-4-16(5-7-17)12-23-9-8-21(14-23)15-24-18(19-3-2-10-27-19)11-22-20(24)13-26-21;3-2(4,5)1(6)7/h2-7,10-11H,8-9,12-15H2,1H3;(H,6,7). The van der Waals surface area contributed by atoms with E-state index in [0.717, 1.165) is 44.2 Å². The lowest BCUT2D eigenvalue weighted by Gasteiger charge is -2.35. The topological polar surface area (TPSA) is 76.8 Å². The predicted octanol–water partition coefficient (Wildman–Crippen LogP) is 4.43. The molecule has 7 nitrogen and oxygen atoms in total. The van der Waals surface area contributed by atoms with Gasteiger partial charge in [0.1, 0.15) is 23.8 Å². The molecule has 0 saturated carbocycles. The zero-order chi connectivity index (χ0) is 24.3. The van der Waals surface area contributed by atoms with Crippen molar-refractivity contribution in [3.63, 3.8) is 0 Å². The van der Waals surface area contributed by atoms with Crippen molar-refractivity contribution in [2.24, 2.45) is 0 Å². The summed E-state index contributed by atoms with van der Waals surface area (Å²) in [7, 11) is 1.70. The third kappa shape index (κ3) is 5.43. The first-order valence-electron chi connectivity index (χ1n) is 10.6. The Morgan fingerprint density at radius 2 is 2.00 bits per heavy atom. The van der Waals surface area contributed by atoms with E-state index in [4.69, 9.17) is 19.4 Å². The molecule has 4 heterocycles. The van der Waals surface area contributed by atoms with Gasteiger partial charge in [0.2, 0.25) is 0 Å². The first kappa shape index (κ1) is 24.2. The van der Waals surface area contributed by atoms with Gasteiger partial charge in [-0.25, -0.2) is 9.78 Å². The maximum absolute atomic E-state index is 10.6. The second-order valence-corrected chi connectivity index (χ2v) is 9.15. The molecule has 0 radical (unpaired) electrons. The zero-order valence-corrected chi connectivity index (χ0v) is 19.2. The van der Waals surface area contributed by atoms with Gasteiger partial charge in [-0.05, 0) is 35.6 Å². The fourth-order valence-electron chi connectivity index (χ4n) is 4.18. The van der Waals surface area contributed by atoms with Crippen LogP contribution in [0.5, 0.6) is 5.75 Å². The van der Waals surface area contributed by atoms with E-state index >= 15 is 0 Å². The number of aliphatic carboxylic acids is 1. The van der Waals surface area contributed by atoms with Gasteiger partial charge in [0.25, 0.3) is 0 Å². The normalized spacial score (nSPS) is 20.0. The van der Waals surface area contributed by atoms with E-state index in [1.807, 2.05) is 18.3 Å². The molecule has 182 valence electrons. The van der Waals surface area contributed by atoms with Crippen LogP contribution in [0.3, 0.4) is 0 Å². The van der Waals surface area contributed by atoms with Gasteiger partial charge in [-0.2, -0.15) is 13.2 Å². The van der Waals surface area contributed by atoms with Gasteiger partial charge in [-0.3, -0.25) is 4.90 Å². The van der Waals surface area contributed by atoms with E-state index in [-0.39, 0.29) is 5.60 Å². The lowest BCUT2D eigenvalue weighted by atomic mass is 10.0. The number of likely N-dealkylation sites (tertiary alicyclic amines) is 1. The number of thiophene rings is 1. The summed E-state index contributed by atoms with van der Waals surface area (Å²) < 4.78 is 45.7. The Morgan fingerprint density at radius 1 is 1.26 bits per heavy atom. The highest BCUT2D eigenvalue weighted by Crippen LogP contribution is 2.36. The molecule has 2 aromatic heterocycles. The fraction of sp³-hybridized carbons (Fsp3) is 0.391. The van der Waals surface area contributed by atoms with Crippen LogP contribution in [0.15, 0.2) is 48.0 Å². The molecule has 2 aliphatic heterocycles. The number of carboxylic acid groups (broad SMARTS) is 1. The number of fused-ring (bicyclic) bond motifs is 1. The number of aromatic nitrogens is 2. The van der Waals surface area contributed by atoms with Crippen molar-refractivity contribution < 1.29 is 32.5 Å². The summed E-state index contributed by atoms with van der Waals surface area (Å²) in [6, 6.07) is 12.6. The summed E-state index contributed by atoms with van der Waals surface area (Å²) >= 11 is 1.77. The molecular formula is C23H24F3N3O4S. The Morgan fingerprint density at radius 3 is 2.62 bits per heavy atom. The van der Waals surface area contributed by atoms with Crippen LogP contribution in [-0.4, -0.2) is 57.5 Å². The van der Waals surface area contributed by atoms with E-state index in [1.165, 1.54) is 16.1 Å². The molecule has 11 heteroatoms. The summed E-state index contributed by atoms with van der Waals surface area (Å²) in [6.45, 7) is 4.45. The van der Waals surface area contributed by atoms with Gasteiger partial charge < -0.3 is 19.1 Å². The van der Waals surface area contributed by atoms with Crippen LogP contribution in [0.25, 0.3) is 10.6 Å². The summed E-state index contributed by atoms with van der Waals surface area (Å²) in [5.41, 5.74) is 2.43. The Labute approximate surface area is 198 Å². The molecule has 1 fully saturated rings. The van der Waals surface area contributed by atoms with Crippen LogP contribution in [0.2, 0.25) is 0 Å². The van der Waals surface area contributed by atoms with Crippen molar-refractivity contribution in [3.05, 3.63) is 59.4 Å². The van der Waals surface area contributed by atoms with Gasteiger partial charge >= 0.3 is 12.1 Å². The minimum atomic E-state index is -5.08. The lowest BCUT2D eigenvalue weighted by molar-refractivity contribution is -0.192. The van der Waals surface area contributed by atoms with Crippen molar-refractivity contribution in [2.45, 2.75) is 37.9 Å². The van der Waals surface area contributed by atoms with Crippen LogP contribution in [-0.2, 0) is 29.2 Å². The van der Waals surface area contributed by atoms with Gasteiger partial charge in [-0.1, -0.05) is 18.2 Å². The average molecular weight is 496 g/mol. The van der Waals surface area contributed by atoms with Gasteiger partial charge in [0, 0.05) is 19.6 Å². The fourth-order valence-corrected chi connectivity index (χ4v) is 4.92. The molecule has 1 saturated heterocycles. The maximum Gasteiger partial charge on any atom is 0.490 e. The first-order valence-corrected chi connectivity index (χ1v) is 11.4. The van der Waals surface area contributed by atoms with Crippen LogP contribution < -0.4 is 4.74 Å². The summed E-state index contributed by atoms with van der Waals surface area (Å²) in [4.78, 5) is 17.3. The largest absolute Gasteiger partial charge is 0.497 e. The average Bonchev–Trinajstić information content (AvgIpc) is 3.55. The number of halogens is 3. The van der Waals surface area contributed by atoms with Crippen LogP contribution in [0, 0.1) is 0 Å².